The van der Waals surface area contributed by atoms with Crippen molar-refractivity contribution in [3.8, 4) is 0 Å². The second kappa shape index (κ2) is 9.95. The van der Waals surface area contributed by atoms with Crippen molar-refractivity contribution in [2.24, 2.45) is 5.11 Å². The summed E-state index contributed by atoms with van der Waals surface area (Å²) >= 11 is 0. The van der Waals surface area contributed by atoms with E-state index in [0.29, 0.717) is 0 Å². The van der Waals surface area contributed by atoms with Gasteiger partial charge in [-0.3, -0.25) is 0 Å². The molecule has 4 atom stereocenters. The summed E-state index contributed by atoms with van der Waals surface area (Å²) in [5.74, 6) is 0. The van der Waals surface area contributed by atoms with Crippen molar-refractivity contribution in [3.63, 3.8) is 0 Å². The van der Waals surface area contributed by atoms with E-state index in [0.717, 1.165) is 0 Å². The van der Waals surface area contributed by atoms with Crippen LogP contribution in [0.1, 0.15) is 20.8 Å². The first-order valence-corrected chi connectivity index (χ1v) is 12.4. The standard InChI is InChI=1S/C23H31N3O4Si/c1-23(2,3)31(17-11-7-5-8-12-17,18-13-9-6-10-14-18)30-16-20-22(28-4)21(27)19(15-29-20)25-26-24/h5-14,19-22,27H,15-16H2,1-4H3/t19?,20?,21-,22-/m1/s1. The second-order valence-electron chi connectivity index (χ2n) is 8.81. The molecule has 1 aliphatic heterocycles. The molecule has 1 heterocycles. The van der Waals surface area contributed by atoms with Crippen molar-refractivity contribution < 1.29 is 19.0 Å². The van der Waals surface area contributed by atoms with Crippen LogP contribution in [0.3, 0.4) is 0 Å². The molecule has 3 rings (SSSR count). The zero-order valence-electron chi connectivity index (χ0n) is 18.5. The van der Waals surface area contributed by atoms with Crippen LogP contribution in [0.25, 0.3) is 10.4 Å². The zero-order valence-corrected chi connectivity index (χ0v) is 19.5. The summed E-state index contributed by atoms with van der Waals surface area (Å²) in [6.07, 6.45) is -2.09. The number of aliphatic hydroxyl groups excluding tert-OH is 1. The van der Waals surface area contributed by atoms with Gasteiger partial charge >= 0.3 is 0 Å². The number of ether oxygens (including phenoxy) is 2. The molecule has 7 nitrogen and oxygen atoms in total. The minimum absolute atomic E-state index is 0.125. The second-order valence-corrected chi connectivity index (χ2v) is 13.1. The quantitative estimate of drug-likeness (QED) is 0.309. The topological polar surface area (TPSA) is 96.7 Å². The molecule has 0 amide bonds. The van der Waals surface area contributed by atoms with Crippen molar-refractivity contribution >= 4 is 18.7 Å². The van der Waals surface area contributed by atoms with Gasteiger partial charge in [0.25, 0.3) is 8.32 Å². The molecule has 1 aliphatic rings. The summed E-state index contributed by atoms with van der Waals surface area (Å²) in [6.45, 7) is 7.01. The maximum Gasteiger partial charge on any atom is 0.261 e. The van der Waals surface area contributed by atoms with E-state index in [4.69, 9.17) is 19.4 Å². The smallest absolute Gasteiger partial charge is 0.261 e. The first-order valence-electron chi connectivity index (χ1n) is 10.5. The highest BCUT2D eigenvalue weighted by molar-refractivity contribution is 6.99. The fraction of sp³-hybridized carbons (Fsp3) is 0.478. The minimum Gasteiger partial charge on any atom is -0.405 e. The molecule has 0 saturated carbocycles. The van der Waals surface area contributed by atoms with Gasteiger partial charge < -0.3 is 19.0 Å². The lowest BCUT2D eigenvalue weighted by atomic mass is 9.99. The Morgan fingerprint density at radius 1 is 1.10 bits per heavy atom. The van der Waals surface area contributed by atoms with Gasteiger partial charge in [0.05, 0.1) is 25.4 Å². The Morgan fingerprint density at radius 3 is 2.10 bits per heavy atom. The van der Waals surface area contributed by atoms with E-state index < -0.39 is 32.7 Å². The molecule has 0 bridgehead atoms. The number of rotatable bonds is 7. The Morgan fingerprint density at radius 2 is 1.65 bits per heavy atom. The first kappa shape index (κ1) is 23.5. The number of methoxy groups -OCH3 is 1. The van der Waals surface area contributed by atoms with Crippen LogP contribution in [0.2, 0.25) is 5.04 Å². The molecule has 0 aromatic heterocycles. The molecule has 1 saturated heterocycles. The van der Waals surface area contributed by atoms with Crippen molar-refractivity contribution in [3.05, 3.63) is 71.1 Å². The molecule has 1 N–H and O–H groups in total. The summed E-state index contributed by atoms with van der Waals surface area (Å²) in [5, 5.41) is 16.5. The molecule has 166 valence electrons. The predicted octanol–water partition coefficient (Wildman–Crippen LogP) is 3.02. The Kier molecular flexibility index (Phi) is 7.54. The van der Waals surface area contributed by atoms with Crippen LogP contribution >= 0.6 is 0 Å². The van der Waals surface area contributed by atoms with Gasteiger partial charge in [-0.25, -0.2) is 0 Å². The normalized spacial score (nSPS) is 24.4. The zero-order chi connectivity index (χ0) is 22.5. The number of hydrogen-bond acceptors (Lipinski definition) is 5. The van der Waals surface area contributed by atoms with E-state index in [1.165, 1.54) is 17.5 Å². The van der Waals surface area contributed by atoms with E-state index in [-0.39, 0.29) is 18.3 Å². The number of benzene rings is 2. The third-order valence-electron chi connectivity index (χ3n) is 5.93. The van der Waals surface area contributed by atoms with Crippen LogP contribution in [0, 0.1) is 0 Å². The van der Waals surface area contributed by atoms with E-state index in [1.807, 2.05) is 36.4 Å². The monoisotopic (exact) mass is 441 g/mol. The molecule has 2 aromatic rings. The van der Waals surface area contributed by atoms with Crippen LogP contribution in [-0.4, -0.2) is 58.1 Å². The highest BCUT2D eigenvalue weighted by Crippen LogP contribution is 2.37. The fourth-order valence-corrected chi connectivity index (χ4v) is 9.00. The summed E-state index contributed by atoms with van der Waals surface area (Å²) in [7, 11) is -1.21. The van der Waals surface area contributed by atoms with Crippen LogP contribution in [0.15, 0.2) is 65.8 Å². The van der Waals surface area contributed by atoms with E-state index >= 15 is 0 Å². The van der Waals surface area contributed by atoms with Crippen molar-refractivity contribution in [1.82, 2.24) is 0 Å². The Balaban J connectivity index is 1.97. The van der Waals surface area contributed by atoms with Crippen LogP contribution in [-0.2, 0) is 13.9 Å². The Hall–Kier alpha value is -2.19. The molecule has 8 heteroatoms. The molecule has 31 heavy (non-hydrogen) atoms. The van der Waals surface area contributed by atoms with Crippen molar-refractivity contribution in [1.29, 1.82) is 0 Å². The lowest BCUT2D eigenvalue weighted by Gasteiger charge is -2.45. The van der Waals surface area contributed by atoms with Gasteiger partial charge in [0, 0.05) is 12.0 Å². The van der Waals surface area contributed by atoms with Crippen LogP contribution in [0.5, 0.6) is 0 Å². The average Bonchev–Trinajstić information content (AvgIpc) is 2.77. The number of hydrogen-bond donors (Lipinski definition) is 1. The number of aliphatic hydroxyl groups is 1. The summed E-state index contributed by atoms with van der Waals surface area (Å²) in [4.78, 5) is 2.81. The molecule has 1 fully saturated rings. The first-order chi connectivity index (χ1) is 14.8. The van der Waals surface area contributed by atoms with E-state index in [2.05, 4.69) is 55.1 Å². The van der Waals surface area contributed by atoms with E-state index in [9.17, 15) is 5.11 Å². The third kappa shape index (κ3) is 4.69. The van der Waals surface area contributed by atoms with Gasteiger partial charge in [-0.05, 0) is 20.9 Å². The Bertz CT molecular complexity index is 845. The summed E-state index contributed by atoms with van der Waals surface area (Å²) in [5.41, 5.74) is 8.74. The van der Waals surface area contributed by atoms with Gasteiger partial charge in [-0.1, -0.05) is 86.5 Å². The minimum atomic E-state index is -2.73. The van der Waals surface area contributed by atoms with Crippen LogP contribution < -0.4 is 10.4 Å². The van der Waals surface area contributed by atoms with Gasteiger partial charge in [-0.2, -0.15) is 0 Å². The molecule has 2 aromatic carbocycles. The molecule has 0 radical (unpaired) electrons. The molecular formula is C23H31N3O4Si. The van der Waals surface area contributed by atoms with Crippen molar-refractivity contribution in [2.75, 3.05) is 20.3 Å². The van der Waals surface area contributed by atoms with Gasteiger partial charge in [0.1, 0.15) is 12.2 Å². The lowest BCUT2D eigenvalue weighted by molar-refractivity contribution is -0.165. The highest BCUT2D eigenvalue weighted by Gasteiger charge is 2.51. The van der Waals surface area contributed by atoms with Crippen molar-refractivity contribution in [2.45, 2.75) is 50.2 Å². The molecule has 0 spiro atoms. The fourth-order valence-electron chi connectivity index (χ4n) is 4.43. The largest absolute Gasteiger partial charge is 0.405 e. The third-order valence-corrected chi connectivity index (χ3v) is 10.9. The SMILES string of the molecule is CO[C@@H]1C(CO[Si](c2ccccc2)(c2ccccc2)C(C)(C)C)OCC(N=[N+]=[N-])[C@H]1O. The highest BCUT2D eigenvalue weighted by atomic mass is 28.4. The van der Waals surface area contributed by atoms with Gasteiger partial charge in [0.15, 0.2) is 0 Å². The summed E-state index contributed by atoms with van der Waals surface area (Å²) < 4.78 is 18.4. The van der Waals surface area contributed by atoms with Gasteiger partial charge in [-0.15, -0.1) is 0 Å². The molecule has 0 aliphatic carbocycles. The molecule has 2 unspecified atom stereocenters. The number of nitrogens with zero attached hydrogens (tertiary/aromatic N) is 3. The maximum atomic E-state index is 10.6. The summed E-state index contributed by atoms with van der Waals surface area (Å²) in [6, 6.07) is 20.0. The average molecular weight is 442 g/mol. The van der Waals surface area contributed by atoms with Crippen LogP contribution in [0.4, 0.5) is 0 Å². The Labute approximate surface area is 184 Å². The van der Waals surface area contributed by atoms with E-state index in [1.54, 1.807) is 0 Å². The van der Waals surface area contributed by atoms with Gasteiger partial charge in [0.2, 0.25) is 0 Å². The maximum absolute atomic E-state index is 10.6. The molecular weight excluding hydrogens is 410 g/mol. The predicted molar refractivity (Wildman–Crippen MR) is 123 cm³/mol. The lowest BCUT2D eigenvalue weighted by Crippen LogP contribution is -2.68. The number of azide groups is 1.